The topological polar surface area (TPSA) is 18.5 Å². The third-order valence-electron chi connectivity index (χ3n) is 8.20. The third kappa shape index (κ3) is 19.7. The van der Waals surface area contributed by atoms with Crippen LogP contribution in [0.2, 0.25) is 0 Å². The number of alkyl halides is 1. The van der Waals surface area contributed by atoms with Crippen molar-refractivity contribution >= 4 is 0 Å². The lowest BCUT2D eigenvalue weighted by atomic mass is 9.79. The van der Waals surface area contributed by atoms with E-state index in [4.69, 9.17) is 9.47 Å². The molecule has 37 heavy (non-hydrogen) atoms. The highest BCUT2D eigenvalue weighted by Gasteiger charge is 2.25. The molecule has 0 aliphatic heterocycles. The van der Waals surface area contributed by atoms with Crippen LogP contribution in [-0.2, 0) is 16.1 Å². The first-order valence-corrected chi connectivity index (χ1v) is 15.9. The fraction of sp³-hybridized carbons (Fsp3) is 0.824. The lowest BCUT2D eigenvalue weighted by Crippen LogP contribution is -2.28. The van der Waals surface area contributed by atoms with Crippen molar-refractivity contribution in [3.8, 4) is 0 Å². The van der Waals surface area contributed by atoms with Crippen molar-refractivity contribution in [2.45, 2.75) is 162 Å². The zero-order valence-electron chi connectivity index (χ0n) is 25.1. The molecule has 0 N–H and O–H groups in total. The summed E-state index contributed by atoms with van der Waals surface area (Å²) in [5.41, 5.74) is 1.55. The van der Waals surface area contributed by atoms with Crippen molar-refractivity contribution in [3.63, 3.8) is 0 Å². The summed E-state index contributed by atoms with van der Waals surface area (Å²) in [6.45, 7) is 10.9. The lowest BCUT2D eigenvalue weighted by molar-refractivity contribution is -0.0480. The number of hydrogen-bond donors (Lipinski definition) is 0. The van der Waals surface area contributed by atoms with Crippen LogP contribution in [0.5, 0.6) is 0 Å². The smallest absolute Gasteiger partial charge is 0.0973 e. The van der Waals surface area contributed by atoms with E-state index in [1.165, 1.54) is 95.5 Å². The Morgan fingerprint density at radius 2 is 1.22 bits per heavy atom. The first kappa shape index (κ1) is 34.1. The van der Waals surface area contributed by atoms with Gasteiger partial charge in [0.1, 0.15) is 0 Å². The normalized spacial score (nSPS) is 13.6. The molecule has 0 aliphatic carbocycles. The summed E-state index contributed by atoms with van der Waals surface area (Å²) >= 11 is 0. The van der Waals surface area contributed by atoms with Gasteiger partial charge in [-0.1, -0.05) is 147 Å². The van der Waals surface area contributed by atoms with Gasteiger partial charge in [-0.15, -0.1) is 0 Å². The summed E-state index contributed by atoms with van der Waals surface area (Å²) < 4.78 is 25.2. The summed E-state index contributed by atoms with van der Waals surface area (Å²) in [4.78, 5) is 0. The van der Waals surface area contributed by atoms with Crippen LogP contribution >= 0.6 is 0 Å². The standard InChI is InChI=1S/C34H61FO2/c1-5-34(4,6-2)28-33(37-29-32-25-21-19-22-26-32)30-36-27-23-18-16-14-12-10-8-7-9-11-13-15-17-20-24-31(3)35/h19,21-22,25-26,31,33H,5-18,20,23-24,27-30H2,1-4H3. The van der Waals surface area contributed by atoms with E-state index in [1.807, 2.05) is 0 Å². The van der Waals surface area contributed by atoms with E-state index in [-0.39, 0.29) is 6.10 Å². The molecule has 0 saturated carbocycles. The van der Waals surface area contributed by atoms with Gasteiger partial charge in [-0.05, 0) is 37.2 Å². The van der Waals surface area contributed by atoms with Gasteiger partial charge in [0.2, 0.25) is 0 Å². The summed E-state index contributed by atoms with van der Waals surface area (Å²) in [6.07, 6.45) is 22.0. The van der Waals surface area contributed by atoms with Gasteiger partial charge in [-0.3, -0.25) is 0 Å². The minimum Gasteiger partial charge on any atom is -0.379 e. The molecule has 0 aromatic heterocycles. The first-order chi connectivity index (χ1) is 18.0. The van der Waals surface area contributed by atoms with Gasteiger partial charge in [0.15, 0.2) is 0 Å². The summed E-state index contributed by atoms with van der Waals surface area (Å²) in [7, 11) is 0. The second-order valence-electron chi connectivity index (χ2n) is 11.7. The first-order valence-electron chi connectivity index (χ1n) is 15.9. The third-order valence-corrected chi connectivity index (χ3v) is 8.20. The molecule has 1 aromatic rings. The second-order valence-corrected chi connectivity index (χ2v) is 11.7. The highest BCUT2D eigenvalue weighted by Crippen LogP contribution is 2.32. The molecule has 2 nitrogen and oxygen atoms in total. The molecular weight excluding hydrogens is 459 g/mol. The number of unbranched alkanes of at least 4 members (excludes halogenated alkanes) is 13. The quantitative estimate of drug-likeness (QED) is 0.113. The van der Waals surface area contributed by atoms with E-state index in [9.17, 15) is 4.39 Å². The molecule has 0 radical (unpaired) electrons. The number of hydrogen-bond acceptors (Lipinski definition) is 2. The molecule has 0 aliphatic rings. The summed E-state index contributed by atoms with van der Waals surface area (Å²) in [6, 6.07) is 10.5. The van der Waals surface area contributed by atoms with Crippen LogP contribution in [0.15, 0.2) is 30.3 Å². The predicted octanol–water partition coefficient (Wildman–Crippen LogP) is 11.0. The molecule has 1 aromatic carbocycles. The van der Waals surface area contributed by atoms with E-state index in [2.05, 4.69) is 51.1 Å². The predicted molar refractivity (Wildman–Crippen MR) is 159 cm³/mol. The van der Waals surface area contributed by atoms with Crippen LogP contribution in [0.1, 0.15) is 149 Å². The van der Waals surface area contributed by atoms with Crippen molar-refractivity contribution in [1.82, 2.24) is 0 Å². The zero-order valence-corrected chi connectivity index (χ0v) is 25.1. The van der Waals surface area contributed by atoms with Gasteiger partial charge in [-0.2, -0.15) is 0 Å². The SMILES string of the molecule is CCC(C)(CC)CC(COCCCCCCCCCCCCCCCCC(C)F)OCc1ccccc1. The lowest BCUT2D eigenvalue weighted by Gasteiger charge is -2.31. The Hall–Kier alpha value is -0.930. The van der Waals surface area contributed by atoms with Crippen LogP contribution < -0.4 is 0 Å². The molecule has 0 bridgehead atoms. The largest absolute Gasteiger partial charge is 0.379 e. The van der Waals surface area contributed by atoms with Gasteiger partial charge in [-0.25, -0.2) is 4.39 Å². The Bertz CT molecular complexity index is 599. The van der Waals surface area contributed by atoms with Crippen LogP contribution in [-0.4, -0.2) is 25.5 Å². The van der Waals surface area contributed by atoms with Gasteiger partial charge in [0.25, 0.3) is 0 Å². The summed E-state index contributed by atoms with van der Waals surface area (Å²) in [5, 5.41) is 0. The van der Waals surface area contributed by atoms with Crippen LogP contribution in [0, 0.1) is 5.41 Å². The highest BCUT2D eigenvalue weighted by atomic mass is 19.1. The maximum atomic E-state index is 12.7. The average molecular weight is 521 g/mol. The van der Waals surface area contributed by atoms with Gasteiger partial charge in [0.05, 0.1) is 25.5 Å². The fourth-order valence-electron chi connectivity index (χ4n) is 5.01. The Morgan fingerprint density at radius 1 is 0.730 bits per heavy atom. The molecule has 2 atom stereocenters. The van der Waals surface area contributed by atoms with E-state index in [1.54, 1.807) is 6.92 Å². The molecule has 216 valence electrons. The minimum atomic E-state index is -0.621. The van der Waals surface area contributed by atoms with Crippen molar-refractivity contribution in [1.29, 1.82) is 0 Å². The summed E-state index contributed by atoms with van der Waals surface area (Å²) in [5.74, 6) is 0. The van der Waals surface area contributed by atoms with E-state index in [0.717, 1.165) is 32.3 Å². The molecule has 0 heterocycles. The number of benzene rings is 1. The molecule has 0 fully saturated rings. The average Bonchev–Trinajstić information content (AvgIpc) is 2.91. The number of halogens is 1. The molecular formula is C34H61FO2. The van der Waals surface area contributed by atoms with Crippen LogP contribution in [0.4, 0.5) is 4.39 Å². The highest BCUT2D eigenvalue weighted by molar-refractivity contribution is 5.13. The van der Waals surface area contributed by atoms with Crippen molar-refractivity contribution in [3.05, 3.63) is 35.9 Å². The van der Waals surface area contributed by atoms with Crippen LogP contribution in [0.25, 0.3) is 0 Å². The number of ether oxygens (including phenoxy) is 2. The molecule has 0 spiro atoms. The molecule has 3 heteroatoms. The van der Waals surface area contributed by atoms with Crippen LogP contribution in [0.3, 0.4) is 0 Å². The molecule has 1 rings (SSSR count). The van der Waals surface area contributed by atoms with Gasteiger partial charge < -0.3 is 9.47 Å². The molecule has 2 unspecified atom stereocenters. The Labute approximate surface area is 230 Å². The maximum absolute atomic E-state index is 12.7. The Kier molecular flexibility index (Phi) is 21.2. The molecule has 0 saturated heterocycles. The Balaban J connectivity index is 2.01. The van der Waals surface area contributed by atoms with E-state index >= 15 is 0 Å². The Morgan fingerprint density at radius 3 is 1.70 bits per heavy atom. The van der Waals surface area contributed by atoms with E-state index in [0.29, 0.717) is 18.6 Å². The number of rotatable bonds is 26. The zero-order chi connectivity index (χ0) is 27.0. The monoisotopic (exact) mass is 520 g/mol. The van der Waals surface area contributed by atoms with Crippen molar-refractivity contribution in [2.75, 3.05) is 13.2 Å². The van der Waals surface area contributed by atoms with Crippen molar-refractivity contribution < 1.29 is 13.9 Å². The van der Waals surface area contributed by atoms with Gasteiger partial charge in [0, 0.05) is 6.61 Å². The molecule has 0 amide bonds. The fourth-order valence-corrected chi connectivity index (χ4v) is 5.01. The maximum Gasteiger partial charge on any atom is 0.0973 e. The van der Waals surface area contributed by atoms with Gasteiger partial charge >= 0.3 is 0 Å². The van der Waals surface area contributed by atoms with E-state index < -0.39 is 6.17 Å². The second kappa shape index (κ2) is 23.0. The van der Waals surface area contributed by atoms with Crippen molar-refractivity contribution in [2.24, 2.45) is 5.41 Å². The minimum absolute atomic E-state index is 0.162.